The van der Waals surface area contributed by atoms with Crippen LogP contribution in [0.3, 0.4) is 0 Å². The zero-order valence-corrected chi connectivity index (χ0v) is 24.2. The third-order valence-corrected chi connectivity index (χ3v) is 9.71. The highest BCUT2D eigenvalue weighted by Gasteiger charge is 2.45. The van der Waals surface area contributed by atoms with Crippen molar-refractivity contribution in [3.8, 4) is 23.2 Å². The molecule has 3 heterocycles. The number of hydrogen-bond acceptors (Lipinski definition) is 7. The maximum atomic E-state index is 16.0. The highest BCUT2D eigenvalue weighted by atomic mass is 19.1. The quantitative estimate of drug-likeness (QED) is 0.362. The molecule has 0 radical (unpaired) electrons. The molecule has 4 aliphatic rings. The van der Waals surface area contributed by atoms with Crippen molar-refractivity contribution in [3.63, 3.8) is 0 Å². The number of nitrogens with zero attached hydrogens (tertiary/aromatic N) is 6. The van der Waals surface area contributed by atoms with Crippen LogP contribution in [0.15, 0.2) is 42.7 Å². The average Bonchev–Trinajstić information content (AvgIpc) is 3.49. The Hall–Kier alpha value is -4.10. The second-order valence-corrected chi connectivity index (χ2v) is 12.3. The SMILES string of the molecule is C=C(F)C(=O)N1CCN(c2nc(OC[C@@H]3CCCN3C)nc3cc(-c4cccc5c4C[C@H]4C[C@@H]54)c(F)cc23)C[C@@H]1CC#N. The molecule has 10 heteroatoms. The number of rotatable bonds is 7. The molecule has 0 bridgehead atoms. The molecule has 0 unspecified atom stereocenters. The van der Waals surface area contributed by atoms with Gasteiger partial charge >= 0.3 is 6.01 Å². The Morgan fingerprint density at radius 3 is 2.81 bits per heavy atom. The van der Waals surface area contributed by atoms with E-state index < -0.39 is 17.8 Å². The van der Waals surface area contributed by atoms with Gasteiger partial charge in [-0.05, 0) is 79.9 Å². The van der Waals surface area contributed by atoms with E-state index in [-0.39, 0.29) is 37.4 Å². The summed E-state index contributed by atoms with van der Waals surface area (Å²) in [6.45, 7) is 5.30. The lowest BCUT2D eigenvalue weighted by Gasteiger charge is -2.41. The Bertz CT molecular complexity index is 1670. The van der Waals surface area contributed by atoms with Crippen molar-refractivity contribution < 1.29 is 18.3 Å². The number of amides is 1. The number of ether oxygens (including phenoxy) is 1. The topological polar surface area (TPSA) is 85.6 Å². The van der Waals surface area contributed by atoms with Crippen molar-refractivity contribution in [2.24, 2.45) is 5.92 Å². The van der Waals surface area contributed by atoms with Gasteiger partial charge in [0.05, 0.1) is 24.0 Å². The molecule has 7 rings (SSSR count). The van der Waals surface area contributed by atoms with Crippen LogP contribution in [0.2, 0.25) is 0 Å². The third kappa shape index (κ3) is 4.99. The van der Waals surface area contributed by atoms with Crippen molar-refractivity contribution >= 4 is 22.6 Å². The zero-order chi connectivity index (χ0) is 29.8. The van der Waals surface area contributed by atoms with Crippen molar-refractivity contribution in [1.82, 2.24) is 19.8 Å². The van der Waals surface area contributed by atoms with Gasteiger partial charge in [-0.3, -0.25) is 4.79 Å². The van der Waals surface area contributed by atoms with Crippen LogP contribution < -0.4 is 9.64 Å². The molecule has 2 saturated heterocycles. The number of anilines is 1. The summed E-state index contributed by atoms with van der Waals surface area (Å²) in [5.74, 6) is -0.495. The Kier molecular flexibility index (Phi) is 7.01. The van der Waals surface area contributed by atoms with Crippen molar-refractivity contribution in [1.29, 1.82) is 5.26 Å². The number of fused-ring (bicyclic) bond motifs is 4. The summed E-state index contributed by atoms with van der Waals surface area (Å²) < 4.78 is 36.0. The van der Waals surface area contributed by atoms with Crippen LogP contribution in [-0.2, 0) is 11.2 Å². The minimum Gasteiger partial charge on any atom is -0.462 e. The van der Waals surface area contributed by atoms with Gasteiger partial charge in [0, 0.05) is 36.6 Å². The zero-order valence-electron chi connectivity index (χ0n) is 24.2. The first-order valence-electron chi connectivity index (χ1n) is 15.1. The molecule has 0 N–H and O–H groups in total. The van der Waals surface area contributed by atoms with E-state index in [2.05, 4.69) is 30.7 Å². The summed E-state index contributed by atoms with van der Waals surface area (Å²) in [5.41, 5.74) is 4.54. The number of likely N-dealkylation sites (N-methyl/N-ethyl adjacent to an activating group) is 1. The molecule has 2 aliphatic carbocycles. The summed E-state index contributed by atoms with van der Waals surface area (Å²) in [6, 6.07) is 11.4. The van der Waals surface area contributed by atoms with Gasteiger partial charge in [-0.1, -0.05) is 24.8 Å². The molecule has 4 atom stereocenters. The fraction of sp³-hybridized carbons (Fsp3) is 0.455. The standard InChI is InChI=1S/C33H34F2N6O2/c1-19(34)32(42)41-12-11-40(17-21(41)8-9-36)31-28-15-29(35)27(24-7-3-6-23-25-13-20(25)14-26(23)24)16-30(28)37-33(38-31)43-18-22-5-4-10-39(22)2/h3,6-7,15-16,20-22,25H,1,4-5,8,10-14,17-18H2,2H3/t20-,21+,22+,25-/m1/s1. The first-order valence-corrected chi connectivity index (χ1v) is 15.1. The second-order valence-electron chi connectivity index (χ2n) is 12.3. The van der Waals surface area contributed by atoms with E-state index in [0.29, 0.717) is 47.3 Å². The number of piperazine rings is 1. The molecule has 2 aromatic carbocycles. The molecule has 1 aromatic heterocycles. The van der Waals surface area contributed by atoms with Gasteiger partial charge in [0.25, 0.3) is 5.91 Å². The van der Waals surface area contributed by atoms with Gasteiger partial charge < -0.3 is 19.4 Å². The molecule has 0 spiro atoms. The smallest absolute Gasteiger partial charge is 0.319 e. The summed E-state index contributed by atoms with van der Waals surface area (Å²) in [5, 5.41) is 9.98. The lowest BCUT2D eigenvalue weighted by Crippen LogP contribution is -2.55. The van der Waals surface area contributed by atoms with E-state index in [9.17, 15) is 14.4 Å². The minimum absolute atomic E-state index is 0.00945. The number of carbonyl (C=O) groups excluding carboxylic acids is 1. The van der Waals surface area contributed by atoms with Crippen LogP contribution in [0, 0.1) is 23.1 Å². The third-order valence-electron chi connectivity index (χ3n) is 9.71. The number of nitriles is 1. The summed E-state index contributed by atoms with van der Waals surface area (Å²) >= 11 is 0. The van der Waals surface area contributed by atoms with Crippen LogP contribution in [-0.4, -0.2) is 77.6 Å². The highest BCUT2D eigenvalue weighted by Crippen LogP contribution is 2.58. The van der Waals surface area contributed by atoms with Crippen LogP contribution in [0.1, 0.15) is 42.7 Å². The molecular weight excluding hydrogens is 550 g/mol. The first-order chi connectivity index (χ1) is 20.8. The Morgan fingerprint density at radius 2 is 2.05 bits per heavy atom. The van der Waals surface area contributed by atoms with E-state index in [1.54, 1.807) is 6.07 Å². The lowest BCUT2D eigenvalue weighted by molar-refractivity contribution is -0.131. The molecule has 43 heavy (non-hydrogen) atoms. The van der Waals surface area contributed by atoms with Gasteiger partial charge in [0.15, 0.2) is 5.83 Å². The molecule has 3 fully saturated rings. The number of likely N-dealkylation sites (tertiary alicyclic amines) is 1. The van der Waals surface area contributed by atoms with Crippen LogP contribution in [0.5, 0.6) is 6.01 Å². The predicted octanol–water partition coefficient (Wildman–Crippen LogP) is 4.98. The molecule has 2 aliphatic heterocycles. The van der Waals surface area contributed by atoms with Gasteiger partial charge in [-0.25, -0.2) is 8.78 Å². The normalized spacial score (nSPS) is 24.5. The monoisotopic (exact) mass is 584 g/mol. The molecule has 1 saturated carbocycles. The summed E-state index contributed by atoms with van der Waals surface area (Å²) in [4.78, 5) is 27.5. The van der Waals surface area contributed by atoms with E-state index in [0.717, 1.165) is 31.4 Å². The van der Waals surface area contributed by atoms with Gasteiger partial charge in [0.1, 0.15) is 18.2 Å². The van der Waals surface area contributed by atoms with E-state index >= 15 is 4.39 Å². The van der Waals surface area contributed by atoms with Crippen LogP contribution >= 0.6 is 0 Å². The number of hydrogen-bond donors (Lipinski definition) is 0. The summed E-state index contributed by atoms with van der Waals surface area (Å²) in [7, 11) is 2.08. The van der Waals surface area contributed by atoms with Crippen molar-refractivity contribution in [2.45, 2.75) is 50.1 Å². The van der Waals surface area contributed by atoms with Gasteiger partial charge in [-0.2, -0.15) is 15.2 Å². The lowest BCUT2D eigenvalue weighted by atomic mass is 9.93. The minimum atomic E-state index is -1.06. The Balaban J connectivity index is 1.28. The van der Waals surface area contributed by atoms with Crippen LogP contribution in [0.4, 0.5) is 14.6 Å². The van der Waals surface area contributed by atoms with Crippen molar-refractivity contribution in [3.05, 3.63) is 59.7 Å². The van der Waals surface area contributed by atoms with Gasteiger partial charge in [-0.15, -0.1) is 0 Å². The Morgan fingerprint density at radius 1 is 1.19 bits per heavy atom. The number of aromatic nitrogens is 2. The first kappa shape index (κ1) is 27.7. The molecule has 222 valence electrons. The fourth-order valence-electron chi connectivity index (χ4n) is 7.28. The fourth-order valence-corrected chi connectivity index (χ4v) is 7.28. The highest BCUT2D eigenvalue weighted by molar-refractivity contribution is 5.94. The molecular formula is C33H34F2N6O2. The second kappa shape index (κ2) is 10.9. The average molecular weight is 585 g/mol. The van der Waals surface area contributed by atoms with E-state index in [4.69, 9.17) is 14.7 Å². The molecule has 8 nitrogen and oxygen atoms in total. The van der Waals surface area contributed by atoms with E-state index in [1.165, 1.54) is 28.5 Å². The maximum Gasteiger partial charge on any atom is 0.319 e. The van der Waals surface area contributed by atoms with Gasteiger partial charge in [0.2, 0.25) is 0 Å². The number of carbonyl (C=O) groups is 1. The number of halogens is 2. The predicted molar refractivity (Wildman–Crippen MR) is 159 cm³/mol. The summed E-state index contributed by atoms with van der Waals surface area (Å²) in [6.07, 6.45) is 4.33. The van der Waals surface area contributed by atoms with E-state index in [1.807, 2.05) is 17.0 Å². The molecule has 3 aromatic rings. The number of benzene rings is 2. The van der Waals surface area contributed by atoms with Crippen molar-refractivity contribution in [2.75, 3.05) is 44.7 Å². The largest absolute Gasteiger partial charge is 0.462 e. The molecule has 1 amide bonds. The Labute approximate surface area is 249 Å². The van der Waals surface area contributed by atoms with Crippen LogP contribution in [0.25, 0.3) is 22.0 Å². The maximum absolute atomic E-state index is 16.0.